The van der Waals surface area contributed by atoms with Crippen LogP contribution in [0.5, 0.6) is 17.2 Å². The summed E-state index contributed by atoms with van der Waals surface area (Å²) in [4.78, 5) is 11.7. The molecule has 2 rings (SSSR count). The number of Topliss-reactive ketones (excluding diaryl/α,β-unsaturated/α-hetero) is 1. The highest BCUT2D eigenvalue weighted by Crippen LogP contribution is 2.40. The van der Waals surface area contributed by atoms with Crippen molar-refractivity contribution in [1.29, 1.82) is 0 Å². The minimum atomic E-state index is -0.194. The fourth-order valence-corrected chi connectivity index (χ4v) is 1.71. The number of ketones is 1. The quantitative estimate of drug-likeness (QED) is 0.769. The predicted molar refractivity (Wildman–Crippen MR) is 61.7 cm³/mol. The molecule has 0 bridgehead atoms. The lowest BCUT2D eigenvalue weighted by Crippen LogP contribution is -2.08. The van der Waals surface area contributed by atoms with Gasteiger partial charge in [-0.05, 0) is 18.7 Å². The number of rotatable bonds is 3. The SMILES string of the molecule is NCCC(=O)c1ccc2c(c1O)OCCCO2. The molecule has 0 radical (unpaired) electrons. The zero-order valence-electron chi connectivity index (χ0n) is 9.44. The standard InChI is InChI=1S/C12H15NO4/c13-5-4-9(14)8-2-3-10-12(11(8)15)17-7-1-6-16-10/h2-3,15H,1,4-7,13H2. The second-order valence-electron chi connectivity index (χ2n) is 3.80. The van der Waals surface area contributed by atoms with Crippen LogP contribution in [0.2, 0.25) is 0 Å². The average molecular weight is 237 g/mol. The molecule has 1 aromatic carbocycles. The molecule has 1 aliphatic rings. The van der Waals surface area contributed by atoms with E-state index in [2.05, 4.69) is 0 Å². The van der Waals surface area contributed by atoms with Gasteiger partial charge in [-0.3, -0.25) is 4.79 Å². The van der Waals surface area contributed by atoms with Gasteiger partial charge in [-0.15, -0.1) is 0 Å². The van der Waals surface area contributed by atoms with Gasteiger partial charge in [0.2, 0.25) is 5.75 Å². The molecular formula is C12H15NO4. The number of hydrogen-bond donors (Lipinski definition) is 2. The van der Waals surface area contributed by atoms with Gasteiger partial charge in [0.15, 0.2) is 17.3 Å². The monoisotopic (exact) mass is 237 g/mol. The van der Waals surface area contributed by atoms with Crippen molar-refractivity contribution in [2.24, 2.45) is 5.73 Å². The third-order valence-electron chi connectivity index (χ3n) is 2.56. The summed E-state index contributed by atoms with van der Waals surface area (Å²) in [6.45, 7) is 1.27. The molecule has 0 saturated carbocycles. The second-order valence-corrected chi connectivity index (χ2v) is 3.80. The van der Waals surface area contributed by atoms with Gasteiger partial charge in [0, 0.05) is 12.8 Å². The number of carbonyl (C=O) groups is 1. The van der Waals surface area contributed by atoms with Gasteiger partial charge >= 0.3 is 0 Å². The Balaban J connectivity index is 2.37. The number of nitrogens with two attached hydrogens (primary N) is 1. The van der Waals surface area contributed by atoms with Gasteiger partial charge in [0.1, 0.15) is 0 Å². The first-order valence-corrected chi connectivity index (χ1v) is 5.59. The number of carbonyl (C=O) groups excluding carboxylic acids is 1. The zero-order valence-corrected chi connectivity index (χ0v) is 9.44. The van der Waals surface area contributed by atoms with Crippen molar-refractivity contribution >= 4 is 5.78 Å². The number of fused-ring (bicyclic) bond motifs is 1. The Labute approximate surface area is 99.1 Å². The van der Waals surface area contributed by atoms with Crippen LogP contribution in [-0.4, -0.2) is 30.6 Å². The van der Waals surface area contributed by atoms with Crippen LogP contribution in [0.4, 0.5) is 0 Å². The Hall–Kier alpha value is -1.75. The zero-order chi connectivity index (χ0) is 12.3. The molecule has 5 heteroatoms. The fourth-order valence-electron chi connectivity index (χ4n) is 1.71. The molecule has 0 aromatic heterocycles. The van der Waals surface area contributed by atoms with E-state index >= 15 is 0 Å². The maximum Gasteiger partial charge on any atom is 0.204 e. The summed E-state index contributed by atoms with van der Waals surface area (Å²) in [6.07, 6.45) is 0.952. The minimum Gasteiger partial charge on any atom is -0.504 e. The number of ether oxygens (including phenoxy) is 2. The fraction of sp³-hybridized carbons (Fsp3) is 0.417. The molecule has 3 N–H and O–H groups in total. The van der Waals surface area contributed by atoms with Gasteiger partial charge in [-0.1, -0.05) is 0 Å². The van der Waals surface area contributed by atoms with Gasteiger partial charge < -0.3 is 20.3 Å². The van der Waals surface area contributed by atoms with Crippen molar-refractivity contribution in [2.45, 2.75) is 12.8 Å². The first-order valence-electron chi connectivity index (χ1n) is 5.59. The van der Waals surface area contributed by atoms with Crippen molar-refractivity contribution in [1.82, 2.24) is 0 Å². The van der Waals surface area contributed by atoms with E-state index in [9.17, 15) is 9.90 Å². The summed E-state index contributed by atoms with van der Waals surface area (Å²) in [7, 11) is 0. The molecule has 5 nitrogen and oxygen atoms in total. The van der Waals surface area contributed by atoms with Crippen molar-refractivity contribution in [3.05, 3.63) is 17.7 Å². The molecule has 0 aliphatic carbocycles. The van der Waals surface area contributed by atoms with Crippen LogP contribution in [0.15, 0.2) is 12.1 Å². The van der Waals surface area contributed by atoms with Crippen molar-refractivity contribution in [3.63, 3.8) is 0 Å². The molecule has 0 atom stereocenters. The van der Waals surface area contributed by atoms with Gasteiger partial charge in [-0.25, -0.2) is 0 Å². The molecule has 92 valence electrons. The van der Waals surface area contributed by atoms with Crippen molar-refractivity contribution < 1.29 is 19.4 Å². The Bertz CT molecular complexity index is 431. The molecule has 1 aliphatic heterocycles. The highest BCUT2D eigenvalue weighted by Gasteiger charge is 2.20. The van der Waals surface area contributed by atoms with E-state index in [1.54, 1.807) is 12.1 Å². The summed E-state index contributed by atoms with van der Waals surface area (Å²) in [6, 6.07) is 3.19. The summed E-state index contributed by atoms with van der Waals surface area (Å²) >= 11 is 0. The van der Waals surface area contributed by atoms with Crippen LogP contribution < -0.4 is 15.2 Å². The summed E-state index contributed by atoms with van der Waals surface area (Å²) in [5.41, 5.74) is 5.56. The Morgan fingerprint density at radius 3 is 2.88 bits per heavy atom. The molecule has 0 fully saturated rings. The number of phenolic OH excluding ortho intramolecular Hbond substituents is 1. The normalized spacial score (nSPS) is 14.2. The van der Waals surface area contributed by atoms with Crippen LogP contribution in [0.25, 0.3) is 0 Å². The van der Waals surface area contributed by atoms with Crippen LogP contribution in [0, 0.1) is 0 Å². The van der Waals surface area contributed by atoms with E-state index in [4.69, 9.17) is 15.2 Å². The first kappa shape index (κ1) is 11.7. The topological polar surface area (TPSA) is 81.8 Å². The van der Waals surface area contributed by atoms with Crippen molar-refractivity contribution in [2.75, 3.05) is 19.8 Å². The summed E-state index contributed by atoms with van der Waals surface area (Å²) < 4.78 is 10.8. The second kappa shape index (κ2) is 5.05. The molecule has 0 amide bonds. The Kier molecular flexibility index (Phi) is 3.49. The van der Waals surface area contributed by atoms with E-state index in [1.165, 1.54) is 0 Å². The number of phenols is 1. The molecule has 0 unspecified atom stereocenters. The lowest BCUT2D eigenvalue weighted by Gasteiger charge is -2.11. The molecule has 1 heterocycles. The van der Waals surface area contributed by atoms with Gasteiger partial charge in [0.05, 0.1) is 18.8 Å². The van der Waals surface area contributed by atoms with E-state index in [1.807, 2.05) is 0 Å². The summed E-state index contributed by atoms with van der Waals surface area (Å²) in [5, 5.41) is 9.99. The Morgan fingerprint density at radius 2 is 2.12 bits per heavy atom. The Morgan fingerprint density at radius 1 is 1.35 bits per heavy atom. The molecule has 1 aromatic rings. The molecule has 17 heavy (non-hydrogen) atoms. The highest BCUT2D eigenvalue weighted by atomic mass is 16.5. The number of hydrogen-bond acceptors (Lipinski definition) is 5. The summed E-state index contributed by atoms with van der Waals surface area (Å²) in [5.74, 6) is 0.387. The lowest BCUT2D eigenvalue weighted by atomic mass is 10.1. The maximum atomic E-state index is 11.7. The maximum absolute atomic E-state index is 11.7. The third-order valence-corrected chi connectivity index (χ3v) is 2.56. The third kappa shape index (κ3) is 2.34. The highest BCUT2D eigenvalue weighted by molar-refractivity contribution is 5.99. The largest absolute Gasteiger partial charge is 0.504 e. The average Bonchev–Trinajstić information content (AvgIpc) is 2.55. The minimum absolute atomic E-state index is 0.150. The van der Waals surface area contributed by atoms with Crippen LogP contribution in [0.3, 0.4) is 0 Å². The molecule has 0 saturated heterocycles. The smallest absolute Gasteiger partial charge is 0.204 e. The molecular weight excluding hydrogens is 222 g/mol. The number of aromatic hydroxyl groups is 1. The molecule has 0 spiro atoms. The predicted octanol–water partition coefficient (Wildman–Crippen LogP) is 1.09. The van der Waals surface area contributed by atoms with E-state index in [0.717, 1.165) is 6.42 Å². The van der Waals surface area contributed by atoms with E-state index < -0.39 is 0 Å². The number of benzene rings is 1. The van der Waals surface area contributed by atoms with Crippen molar-refractivity contribution in [3.8, 4) is 17.2 Å². The van der Waals surface area contributed by atoms with E-state index in [0.29, 0.717) is 19.0 Å². The first-order chi connectivity index (χ1) is 8.24. The van der Waals surface area contributed by atoms with E-state index in [-0.39, 0.29) is 35.8 Å². The lowest BCUT2D eigenvalue weighted by molar-refractivity contribution is 0.0982. The van der Waals surface area contributed by atoms with Crippen LogP contribution in [0.1, 0.15) is 23.2 Å². The van der Waals surface area contributed by atoms with Gasteiger partial charge in [-0.2, -0.15) is 0 Å². The van der Waals surface area contributed by atoms with Crippen LogP contribution in [-0.2, 0) is 0 Å². The van der Waals surface area contributed by atoms with Gasteiger partial charge in [0.25, 0.3) is 0 Å². The van der Waals surface area contributed by atoms with Crippen LogP contribution >= 0.6 is 0 Å².